The monoisotopic (exact) mass is 233 g/mol. The highest BCUT2D eigenvalue weighted by atomic mass is 32.2. The molecule has 16 heavy (non-hydrogen) atoms. The Morgan fingerprint density at radius 3 is 2.94 bits per heavy atom. The molecule has 1 atom stereocenters. The van der Waals surface area contributed by atoms with Crippen molar-refractivity contribution in [3.63, 3.8) is 0 Å². The van der Waals surface area contributed by atoms with Crippen molar-refractivity contribution in [2.75, 3.05) is 6.54 Å². The molecule has 0 aromatic heterocycles. The fourth-order valence-electron chi connectivity index (χ4n) is 1.25. The predicted molar refractivity (Wildman–Crippen MR) is 73.4 cm³/mol. The molecule has 2 N–H and O–H groups in total. The molecular weight excluding hydrogens is 214 g/mol. The summed E-state index contributed by atoms with van der Waals surface area (Å²) >= 11 is 1.99. The zero-order valence-electron chi connectivity index (χ0n) is 9.99. The Balaban J connectivity index is 2.60. The lowest BCUT2D eigenvalue weighted by molar-refractivity contribution is 0.905. The van der Waals surface area contributed by atoms with Crippen LogP contribution in [-0.2, 0) is 5.75 Å². The van der Waals surface area contributed by atoms with Crippen LogP contribution in [0.4, 0.5) is 0 Å². The summed E-state index contributed by atoms with van der Waals surface area (Å²) in [5, 5.41) is 0.721. The highest BCUT2D eigenvalue weighted by Gasteiger charge is 2.00. The fraction of sp³-hybridized carbons (Fsp3) is 0.429. The Hall–Kier alpha value is -0.910. The zero-order valence-corrected chi connectivity index (χ0v) is 10.8. The van der Waals surface area contributed by atoms with Gasteiger partial charge < -0.3 is 5.73 Å². The third-order valence-electron chi connectivity index (χ3n) is 2.37. The van der Waals surface area contributed by atoms with Crippen LogP contribution in [0.5, 0.6) is 0 Å². The minimum absolute atomic E-state index is 0.422. The minimum atomic E-state index is 0.422. The lowest BCUT2D eigenvalue weighted by atomic mass is 10.1. The average Bonchev–Trinajstić information content (AvgIpc) is 2.34. The van der Waals surface area contributed by atoms with Crippen LogP contribution in [0.15, 0.2) is 24.3 Å². The number of rotatable bonds is 4. The average molecular weight is 233 g/mol. The predicted octanol–water partition coefficient (Wildman–Crippen LogP) is 3.03. The first kappa shape index (κ1) is 13.2. The summed E-state index contributed by atoms with van der Waals surface area (Å²) in [5.41, 5.74) is 7.76. The molecule has 0 amide bonds. The number of thioether (sulfide) groups is 1. The van der Waals surface area contributed by atoms with Crippen molar-refractivity contribution >= 4 is 11.8 Å². The van der Waals surface area contributed by atoms with Crippen LogP contribution in [0.25, 0.3) is 0 Å². The first-order valence-corrected chi connectivity index (χ1v) is 6.70. The second kappa shape index (κ2) is 7.38. The number of hydrogen-bond donors (Lipinski definition) is 1. The smallest absolute Gasteiger partial charge is 0.0555 e. The van der Waals surface area contributed by atoms with E-state index < -0.39 is 0 Å². The molecule has 0 aliphatic carbocycles. The first-order chi connectivity index (χ1) is 7.76. The number of hydrogen-bond acceptors (Lipinski definition) is 2. The van der Waals surface area contributed by atoms with Gasteiger partial charge in [-0.25, -0.2) is 0 Å². The van der Waals surface area contributed by atoms with E-state index in [1.165, 1.54) is 12.0 Å². The van der Waals surface area contributed by atoms with E-state index in [0.29, 0.717) is 6.54 Å². The molecule has 86 valence electrons. The van der Waals surface area contributed by atoms with E-state index in [-0.39, 0.29) is 0 Å². The topological polar surface area (TPSA) is 26.0 Å². The van der Waals surface area contributed by atoms with Crippen LogP contribution in [0.3, 0.4) is 0 Å². The quantitative estimate of drug-likeness (QED) is 0.809. The number of benzene rings is 1. The van der Waals surface area contributed by atoms with Crippen LogP contribution in [0.1, 0.15) is 31.4 Å². The van der Waals surface area contributed by atoms with Crippen LogP contribution >= 0.6 is 11.8 Å². The molecule has 0 saturated heterocycles. The highest BCUT2D eigenvalue weighted by molar-refractivity contribution is 7.99. The van der Waals surface area contributed by atoms with E-state index in [2.05, 4.69) is 43.9 Å². The maximum atomic E-state index is 5.35. The molecule has 0 spiro atoms. The maximum absolute atomic E-state index is 5.35. The summed E-state index contributed by atoms with van der Waals surface area (Å²) in [6.07, 6.45) is 1.22. The maximum Gasteiger partial charge on any atom is 0.0555 e. The fourth-order valence-corrected chi connectivity index (χ4v) is 2.14. The molecule has 0 aliphatic heterocycles. The van der Waals surface area contributed by atoms with Crippen molar-refractivity contribution in [2.24, 2.45) is 5.73 Å². The van der Waals surface area contributed by atoms with Gasteiger partial charge in [-0.15, -0.1) is 0 Å². The van der Waals surface area contributed by atoms with Crippen molar-refractivity contribution in [1.29, 1.82) is 0 Å². The molecule has 0 bridgehead atoms. The first-order valence-electron chi connectivity index (χ1n) is 5.65. The standard InChI is InChI=1S/C14H19NS/c1-3-12(2)16-11-14-7-4-6-13(10-14)8-5-9-15/h4,6-7,10,12H,3,9,11,15H2,1-2H3. The highest BCUT2D eigenvalue weighted by Crippen LogP contribution is 2.20. The van der Waals surface area contributed by atoms with Gasteiger partial charge in [0.05, 0.1) is 6.54 Å². The summed E-state index contributed by atoms with van der Waals surface area (Å²) in [6, 6.07) is 8.40. The molecule has 0 radical (unpaired) electrons. The van der Waals surface area contributed by atoms with Crippen molar-refractivity contribution in [1.82, 2.24) is 0 Å². The normalized spacial score (nSPS) is 11.7. The van der Waals surface area contributed by atoms with Gasteiger partial charge in [0.25, 0.3) is 0 Å². The van der Waals surface area contributed by atoms with Crippen LogP contribution in [0.2, 0.25) is 0 Å². The summed E-state index contributed by atoms with van der Waals surface area (Å²) in [7, 11) is 0. The van der Waals surface area contributed by atoms with Gasteiger partial charge in [-0.1, -0.05) is 37.8 Å². The Morgan fingerprint density at radius 1 is 1.44 bits per heavy atom. The summed E-state index contributed by atoms with van der Waals surface area (Å²) in [5.74, 6) is 7.00. The third kappa shape index (κ3) is 4.74. The third-order valence-corrected chi connectivity index (χ3v) is 3.77. The summed E-state index contributed by atoms with van der Waals surface area (Å²) < 4.78 is 0. The molecule has 1 aromatic carbocycles. The second-order valence-electron chi connectivity index (χ2n) is 3.74. The molecule has 2 heteroatoms. The summed E-state index contributed by atoms with van der Waals surface area (Å²) in [6.45, 7) is 4.91. The van der Waals surface area contributed by atoms with Gasteiger partial charge in [0.1, 0.15) is 0 Å². The molecule has 1 unspecified atom stereocenters. The van der Waals surface area contributed by atoms with Gasteiger partial charge in [-0.2, -0.15) is 11.8 Å². The van der Waals surface area contributed by atoms with Crippen LogP contribution in [-0.4, -0.2) is 11.8 Å². The SMILES string of the molecule is CCC(C)SCc1cccc(C#CCN)c1. The van der Waals surface area contributed by atoms with Gasteiger partial charge in [0.2, 0.25) is 0 Å². The Labute approximate surface area is 103 Å². The van der Waals surface area contributed by atoms with E-state index in [1.54, 1.807) is 0 Å². The largest absolute Gasteiger partial charge is 0.320 e. The van der Waals surface area contributed by atoms with Crippen LogP contribution in [0, 0.1) is 11.8 Å². The second-order valence-corrected chi connectivity index (χ2v) is 5.16. The van der Waals surface area contributed by atoms with Gasteiger partial charge in [0.15, 0.2) is 0 Å². The van der Waals surface area contributed by atoms with E-state index >= 15 is 0 Å². The summed E-state index contributed by atoms with van der Waals surface area (Å²) in [4.78, 5) is 0. The molecule has 0 aliphatic rings. The van der Waals surface area contributed by atoms with Gasteiger partial charge in [-0.05, 0) is 24.1 Å². The zero-order chi connectivity index (χ0) is 11.8. The van der Waals surface area contributed by atoms with E-state index in [4.69, 9.17) is 5.73 Å². The van der Waals surface area contributed by atoms with E-state index in [9.17, 15) is 0 Å². The van der Waals surface area contributed by atoms with E-state index in [0.717, 1.165) is 16.6 Å². The molecule has 0 fully saturated rings. The molecule has 1 rings (SSSR count). The van der Waals surface area contributed by atoms with E-state index in [1.807, 2.05) is 17.8 Å². The lowest BCUT2D eigenvalue weighted by Gasteiger charge is -2.07. The molecule has 0 heterocycles. The van der Waals surface area contributed by atoms with Gasteiger partial charge in [0, 0.05) is 16.6 Å². The number of nitrogens with two attached hydrogens (primary N) is 1. The lowest BCUT2D eigenvalue weighted by Crippen LogP contribution is -1.94. The van der Waals surface area contributed by atoms with Crippen molar-refractivity contribution in [3.8, 4) is 11.8 Å². The molecule has 1 nitrogen and oxygen atoms in total. The Bertz CT molecular complexity index is 376. The Morgan fingerprint density at radius 2 is 2.25 bits per heavy atom. The van der Waals surface area contributed by atoms with Crippen molar-refractivity contribution < 1.29 is 0 Å². The van der Waals surface area contributed by atoms with Crippen molar-refractivity contribution in [2.45, 2.75) is 31.3 Å². The van der Waals surface area contributed by atoms with Crippen LogP contribution < -0.4 is 5.73 Å². The van der Waals surface area contributed by atoms with Gasteiger partial charge >= 0.3 is 0 Å². The Kier molecular flexibility index (Phi) is 6.07. The minimum Gasteiger partial charge on any atom is -0.320 e. The van der Waals surface area contributed by atoms with Gasteiger partial charge in [-0.3, -0.25) is 0 Å². The molecule has 1 aromatic rings. The molecular formula is C14H19NS. The van der Waals surface area contributed by atoms with Crippen molar-refractivity contribution in [3.05, 3.63) is 35.4 Å². The molecule has 0 saturated carbocycles.